The van der Waals surface area contributed by atoms with Gasteiger partial charge in [-0.2, -0.15) is 0 Å². The van der Waals surface area contributed by atoms with Crippen LogP contribution in [0.2, 0.25) is 0 Å². The van der Waals surface area contributed by atoms with E-state index in [0.717, 1.165) is 11.1 Å². The van der Waals surface area contributed by atoms with Crippen LogP contribution < -0.4 is 0 Å². The zero-order valence-corrected chi connectivity index (χ0v) is 10.3. The van der Waals surface area contributed by atoms with Crippen molar-refractivity contribution in [3.05, 3.63) is 42.0 Å². The van der Waals surface area contributed by atoms with E-state index in [1.54, 1.807) is 25.5 Å². The second-order valence-corrected chi connectivity index (χ2v) is 3.68. The molecule has 0 bridgehead atoms. The molecule has 0 aliphatic rings. The lowest BCUT2D eigenvalue weighted by Gasteiger charge is -2.05. The number of rotatable bonds is 3. The minimum Gasteiger partial charge on any atom is -0.461 e. The van der Waals surface area contributed by atoms with Crippen LogP contribution in [0.1, 0.15) is 23.0 Å². The Labute approximate surface area is 105 Å². The van der Waals surface area contributed by atoms with Gasteiger partial charge in [-0.3, -0.25) is 4.98 Å². The molecule has 0 aliphatic carbocycles. The third-order valence-corrected chi connectivity index (χ3v) is 2.42. The molecule has 2 heterocycles. The summed E-state index contributed by atoms with van der Waals surface area (Å²) in [7, 11) is 0. The van der Waals surface area contributed by atoms with Crippen LogP contribution in [0.3, 0.4) is 0 Å². The summed E-state index contributed by atoms with van der Waals surface area (Å²) >= 11 is 0. The molecule has 2 aromatic rings. The lowest BCUT2D eigenvalue weighted by Crippen LogP contribution is -2.08. The molecule has 0 fully saturated rings. The molecule has 0 saturated carbocycles. The van der Waals surface area contributed by atoms with Gasteiger partial charge in [0.15, 0.2) is 11.5 Å². The molecule has 5 heteroatoms. The van der Waals surface area contributed by atoms with E-state index in [-0.39, 0.29) is 5.69 Å². The number of ether oxygens (including phenoxy) is 1. The molecule has 2 rings (SSSR count). The van der Waals surface area contributed by atoms with Gasteiger partial charge in [-0.1, -0.05) is 0 Å². The van der Waals surface area contributed by atoms with Crippen LogP contribution in [0, 0.1) is 6.92 Å². The van der Waals surface area contributed by atoms with E-state index < -0.39 is 5.97 Å². The Balaban J connectivity index is 2.39. The quantitative estimate of drug-likeness (QED) is 0.772. The van der Waals surface area contributed by atoms with Crippen LogP contribution in [0.25, 0.3) is 11.4 Å². The maximum absolute atomic E-state index is 11.6. The fraction of sp³-hybridized carbons (Fsp3) is 0.231. The van der Waals surface area contributed by atoms with Gasteiger partial charge in [0.2, 0.25) is 0 Å². The normalized spacial score (nSPS) is 10.1. The van der Waals surface area contributed by atoms with E-state index in [1.807, 2.05) is 13.0 Å². The molecule has 18 heavy (non-hydrogen) atoms. The standard InChI is InChI=1S/C13H13N3O2/c1-3-18-13(17)11-5-7-15-12(16-11)10-8-14-6-4-9(10)2/h4-8H,3H2,1-2H3. The lowest BCUT2D eigenvalue weighted by atomic mass is 10.1. The second-order valence-electron chi connectivity index (χ2n) is 3.68. The van der Waals surface area contributed by atoms with Gasteiger partial charge in [-0.25, -0.2) is 14.8 Å². The summed E-state index contributed by atoms with van der Waals surface area (Å²) in [6.07, 6.45) is 4.93. The molecule has 0 aliphatic heterocycles. The summed E-state index contributed by atoms with van der Waals surface area (Å²) in [5.41, 5.74) is 2.07. The zero-order chi connectivity index (χ0) is 13.0. The third kappa shape index (κ3) is 2.51. The van der Waals surface area contributed by atoms with Crippen LogP contribution in [0.15, 0.2) is 30.7 Å². The van der Waals surface area contributed by atoms with Crippen molar-refractivity contribution in [2.24, 2.45) is 0 Å². The van der Waals surface area contributed by atoms with Crippen molar-refractivity contribution in [3.63, 3.8) is 0 Å². The van der Waals surface area contributed by atoms with Gasteiger partial charge in [-0.05, 0) is 31.5 Å². The lowest BCUT2D eigenvalue weighted by molar-refractivity contribution is 0.0519. The minimum absolute atomic E-state index is 0.255. The first-order valence-electron chi connectivity index (χ1n) is 5.63. The Morgan fingerprint density at radius 2 is 2.17 bits per heavy atom. The molecule has 0 N–H and O–H groups in total. The largest absolute Gasteiger partial charge is 0.461 e. The Bertz CT molecular complexity index is 570. The minimum atomic E-state index is -0.442. The van der Waals surface area contributed by atoms with Crippen LogP contribution in [-0.2, 0) is 4.74 Å². The van der Waals surface area contributed by atoms with Gasteiger partial charge in [0.1, 0.15) is 0 Å². The molecular weight excluding hydrogens is 230 g/mol. The highest BCUT2D eigenvalue weighted by atomic mass is 16.5. The molecule has 0 spiro atoms. The number of esters is 1. The highest BCUT2D eigenvalue weighted by molar-refractivity contribution is 5.87. The number of nitrogens with zero attached hydrogens (tertiary/aromatic N) is 3. The number of hydrogen-bond donors (Lipinski definition) is 0. The second kappa shape index (κ2) is 5.35. The molecule has 92 valence electrons. The van der Waals surface area contributed by atoms with Crippen molar-refractivity contribution < 1.29 is 9.53 Å². The Morgan fingerprint density at radius 1 is 1.33 bits per heavy atom. The number of hydrogen-bond acceptors (Lipinski definition) is 5. The topological polar surface area (TPSA) is 65.0 Å². The van der Waals surface area contributed by atoms with Gasteiger partial charge in [0.05, 0.1) is 6.61 Å². The summed E-state index contributed by atoms with van der Waals surface area (Å²) in [5, 5.41) is 0. The summed E-state index contributed by atoms with van der Waals surface area (Å²) < 4.78 is 4.90. The van der Waals surface area contributed by atoms with Gasteiger partial charge in [0, 0.05) is 24.2 Å². The first-order chi connectivity index (χ1) is 8.72. The van der Waals surface area contributed by atoms with E-state index in [2.05, 4.69) is 15.0 Å². The van der Waals surface area contributed by atoms with Gasteiger partial charge >= 0.3 is 5.97 Å². The van der Waals surface area contributed by atoms with Crippen LogP contribution >= 0.6 is 0 Å². The fourth-order valence-corrected chi connectivity index (χ4v) is 1.51. The van der Waals surface area contributed by atoms with Crippen molar-refractivity contribution in [1.82, 2.24) is 15.0 Å². The maximum Gasteiger partial charge on any atom is 0.357 e. The molecule has 5 nitrogen and oxygen atoms in total. The maximum atomic E-state index is 11.6. The number of carbonyl (C=O) groups excluding carboxylic acids is 1. The van der Waals surface area contributed by atoms with Crippen molar-refractivity contribution in [3.8, 4) is 11.4 Å². The molecule has 0 amide bonds. The zero-order valence-electron chi connectivity index (χ0n) is 10.3. The van der Waals surface area contributed by atoms with Gasteiger partial charge in [0.25, 0.3) is 0 Å². The number of carbonyl (C=O) groups is 1. The highest BCUT2D eigenvalue weighted by Crippen LogP contribution is 2.17. The molecule has 0 aromatic carbocycles. The van der Waals surface area contributed by atoms with Crippen LogP contribution in [-0.4, -0.2) is 27.5 Å². The predicted molar refractivity (Wildman–Crippen MR) is 66.0 cm³/mol. The van der Waals surface area contributed by atoms with Crippen LogP contribution in [0.4, 0.5) is 0 Å². The monoisotopic (exact) mass is 243 g/mol. The van der Waals surface area contributed by atoms with Crippen molar-refractivity contribution in [2.75, 3.05) is 6.61 Å². The summed E-state index contributed by atoms with van der Waals surface area (Å²) in [4.78, 5) is 24.0. The number of aromatic nitrogens is 3. The van der Waals surface area contributed by atoms with Gasteiger partial charge < -0.3 is 4.74 Å². The Hall–Kier alpha value is -2.30. The molecule has 2 aromatic heterocycles. The molecule has 0 atom stereocenters. The molecule has 0 radical (unpaired) electrons. The summed E-state index contributed by atoms with van der Waals surface area (Å²) in [6, 6.07) is 3.41. The highest BCUT2D eigenvalue weighted by Gasteiger charge is 2.11. The average molecular weight is 243 g/mol. The van der Waals surface area contributed by atoms with Crippen LogP contribution in [0.5, 0.6) is 0 Å². The van der Waals surface area contributed by atoms with Gasteiger partial charge in [-0.15, -0.1) is 0 Å². The van der Waals surface area contributed by atoms with E-state index in [1.165, 1.54) is 6.07 Å². The first kappa shape index (κ1) is 12.2. The molecular formula is C13H13N3O2. The van der Waals surface area contributed by atoms with Crippen molar-refractivity contribution in [2.45, 2.75) is 13.8 Å². The van der Waals surface area contributed by atoms with Crippen molar-refractivity contribution >= 4 is 5.97 Å². The summed E-state index contributed by atoms with van der Waals surface area (Å²) in [5.74, 6) is 0.0360. The number of aryl methyl sites for hydroxylation is 1. The predicted octanol–water partition coefficient (Wildman–Crippen LogP) is 2.02. The third-order valence-electron chi connectivity index (χ3n) is 2.42. The Kier molecular flexibility index (Phi) is 3.62. The Morgan fingerprint density at radius 3 is 2.89 bits per heavy atom. The van der Waals surface area contributed by atoms with E-state index in [9.17, 15) is 4.79 Å². The average Bonchev–Trinajstić information content (AvgIpc) is 2.40. The van der Waals surface area contributed by atoms with E-state index in [0.29, 0.717) is 12.4 Å². The van der Waals surface area contributed by atoms with E-state index in [4.69, 9.17) is 4.74 Å². The molecule has 0 saturated heterocycles. The van der Waals surface area contributed by atoms with E-state index >= 15 is 0 Å². The fourth-order valence-electron chi connectivity index (χ4n) is 1.51. The number of pyridine rings is 1. The first-order valence-corrected chi connectivity index (χ1v) is 5.63. The van der Waals surface area contributed by atoms with Crippen molar-refractivity contribution in [1.29, 1.82) is 0 Å². The smallest absolute Gasteiger partial charge is 0.357 e. The SMILES string of the molecule is CCOC(=O)c1ccnc(-c2cnccc2C)n1. The summed E-state index contributed by atoms with van der Waals surface area (Å²) in [6.45, 7) is 4.02. The molecule has 0 unspecified atom stereocenters.